The highest BCUT2D eigenvalue weighted by molar-refractivity contribution is 6.30. The smallest absolute Gasteiger partial charge is 0.335 e. The Hall–Kier alpha value is -2.73. The number of amides is 1. The van der Waals surface area contributed by atoms with Crippen LogP contribution < -0.4 is 14.8 Å². The maximum absolute atomic E-state index is 12.1. The van der Waals surface area contributed by atoms with Gasteiger partial charge in [0.05, 0.1) is 17.9 Å². The molecule has 2 aromatic rings. The second kappa shape index (κ2) is 8.94. The van der Waals surface area contributed by atoms with E-state index in [1.54, 1.807) is 24.3 Å². The SMILES string of the molecule is CCCOc1ccc(C(=O)O)cc1NC(=O)COc1ccc(Cl)cc1. The molecule has 7 heteroatoms. The minimum absolute atomic E-state index is 0.0535. The number of hydrogen-bond donors (Lipinski definition) is 2. The molecular formula is C18H18ClNO5. The summed E-state index contributed by atoms with van der Waals surface area (Å²) < 4.78 is 10.9. The highest BCUT2D eigenvalue weighted by atomic mass is 35.5. The maximum Gasteiger partial charge on any atom is 0.335 e. The third-order valence-electron chi connectivity index (χ3n) is 3.15. The molecule has 0 aliphatic carbocycles. The summed E-state index contributed by atoms with van der Waals surface area (Å²) in [5, 5.41) is 12.3. The van der Waals surface area contributed by atoms with Crippen molar-refractivity contribution in [2.75, 3.05) is 18.5 Å². The van der Waals surface area contributed by atoms with E-state index in [-0.39, 0.29) is 17.9 Å². The Labute approximate surface area is 150 Å². The van der Waals surface area contributed by atoms with Gasteiger partial charge in [0.1, 0.15) is 11.5 Å². The number of carbonyl (C=O) groups is 2. The monoisotopic (exact) mass is 363 g/mol. The van der Waals surface area contributed by atoms with Crippen molar-refractivity contribution in [3.8, 4) is 11.5 Å². The predicted molar refractivity (Wildman–Crippen MR) is 94.8 cm³/mol. The summed E-state index contributed by atoms with van der Waals surface area (Å²) in [5.74, 6) is -0.609. The number of carbonyl (C=O) groups excluding carboxylic acids is 1. The normalized spacial score (nSPS) is 10.2. The fraction of sp³-hybridized carbons (Fsp3) is 0.222. The first-order chi connectivity index (χ1) is 12.0. The lowest BCUT2D eigenvalue weighted by molar-refractivity contribution is -0.118. The van der Waals surface area contributed by atoms with Crippen LogP contribution in [0, 0.1) is 0 Å². The van der Waals surface area contributed by atoms with E-state index in [9.17, 15) is 9.59 Å². The molecule has 25 heavy (non-hydrogen) atoms. The minimum Gasteiger partial charge on any atom is -0.491 e. The van der Waals surface area contributed by atoms with E-state index >= 15 is 0 Å². The molecule has 0 radical (unpaired) electrons. The van der Waals surface area contributed by atoms with Crippen LogP contribution in [0.15, 0.2) is 42.5 Å². The van der Waals surface area contributed by atoms with Crippen molar-refractivity contribution < 1.29 is 24.2 Å². The number of anilines is 1. The van der Waals surface area contributed by atoms with Gasteiger partial charge >= 0.3 is 5.97 Å². The second-order valence-electron chi connectivity index (χ2n) is 5.16. The molecule has 2 N–H and O–H groups in total. The molecule has 0 bridgehead atoms. The molecular weight excluding hydrogens is 346 g/mol. The van der Waals surface area contributed by atoms with E-state index in [0.29, 0.717) is 23.1 Å². The lowest BCUT2D eigenvalue weighted by Crippen LogP contribution is -2.21. The summed E-state index contributed by atoms with van der Waals surface area (Å²) in [6.45, 7) is 2.17. The first kappa shape index (κ1) is 18.6. The van der Waals surface area contributed by atoms with Crippen LogP contribution >= 0.6 is 11.6 Å². The summed E-state index contributed by atoms with van der Waals surface area (Å²) in [6, 6.07) is 10.9. The largest absolute Gasteiger partial charge is 0.491 e. The van der Waals surface area contributed by atoms with Gasteiger partial charge in [-0.05, 0) is 48.9 Å². The molecule has 0 aromatic heterocycles. The summed E-state index contributed by atoms with van der Waals surface area (Å²) in [4.78, 5) is 23.2. The van der Waals surface area contributed by atoms with Gasteiger partial charge in [0, 0.05) is 5.02 Å². The highest BCUT2D eigenvalue weighted by Gasteiger charge is 2.13. The van der Waals surface area contributed by atoms with E-state index in [2.05, 4.69) is 5.32 Å². The molecule has 1 amide bonds. The van der Waals surface area contributed by atoms with E-state index in [1.165, 1.54) is 18.2 Å². The van der Waals surface area contributed by atoms with Gasteiger partial charge in [0.2, 0.25) is 0 Å². The Morgan fingerprint density at radius 3 is 2.48 bits per heavy atom. The van der Waals surface area contributed by atoms with Gasteiger partial charge in [-0.15, -0.1) is 0 Å². The molecule has 2 aromatic carbocycles. The summed E-state index contributed by atoms with van der Waals surface area (Å²) >= 11 is 5.78. The van der Waals surface area contributed by atoms with Crippen molar-refractivity contribution in [1.82, 2.24) is 0 Å². The first-order valence-electron chi connectivity index (χ1n) is 7.68. The summed E-state index contributed by atoms with van der Waals surface area (Å²) in [7, 11) is 0. The average Bonchev–Trinajstić information content (AvgIpc) is 2.60. The molecule has 0 aliphatic heterocycles. The maximum atomic E-state index is 12.1. The molecule has 2 rings (SSSR count). The van der Waals surface area contributed by atoms with Crippen molar-refractivity contribution in [3.05, 3.63) is 53.1 Å². The second-order valence-corrected chi connectivity index (χ2v) is 5.59. The van der Waals surface area contributed by atoms with E-state index in [0.717, 1.165) is 6.42 Å². The van der Waals surface area contributed by atoms with E-state index in [4.69, 9.17) is 26.2 Å². The molecule has 0 aliphatic rings. The van der Waals surface area contributed by atoms with Crippen LogP contribution in [-0.4, -0.2) is 30.2 Å². The van der Waals surface area contributed by atoms with Gasteiger partial charge in [-0.2, -0.15) is 0 Å². The number of benzene rings is 2. The van der Waals surface area contributed by atoms with Crippen molar-refractivity contribution in [3.63, 3.8) is 0 Å². The van der Waals surface area contributed by atoms with Crippen molar-refractivity contribution in [2.45, 2.75) is 13.3 Å². The van der Waals surface area contributed by atoms with Crippen molar-refractivity contribution >= 4 is 29.2 Å². The average molecular weight is 364 g/mol. The standard InChI is InChI=1S/C18H18ClNO5/c1-2-9-24-16-8-3-12(18(22)23)10-15(16)20-17(21)11-25-14-6-4-13(19)5-7-14/h3-8,10H,2,9,11H2,1H3,(H,20,21)(H,22,23). The van der Waals surface area contributed by atoms with Gasteiger partial charge in [0.15, 0.2) is 6.61 Å². The number of ether oxygens (including phenoxy) is 2. The molecule has 0 fully saturated rings. The van der Waals surface area contributed by atoms with Gasteiger partial charge in [0.25, 0.3) is 5.91 Å². The molecule has 0 spiro atoms. The number of nitrogens with one attached hydrogen (secondary N) is 1. The van der Waals surface area contributed by atoms with Crippen LogP contribution in [0.4, 0.5) is 5.69 Å². The summed E-state index contributed by atoms with van der Waals surface area (Å²) in [5.41, 5.74) is 0.343. The van der Waals surface area contributed by atoms with Crippen LogP contribution in [0.2, 0.25) is 5.02 Å². The Balaban J connectivity index is 2.05. The molecule has 132 valence electrons. The molecule has 6 nitrogen and oxygen atoms in total. The van der Waals surface area contributed by atoms with Gasteiger partial charge in [-0.3, -0.25) is 4.79 Å². The number of carboxylic acids is 1. The number of carboxylic acid groups (broad SMARTS) is 1. The van der Waals surface area contributed by atoms with Gasteiger partial charge < -0.3 is 19.9 Å². The number of halogens is 1. The van der Waals surface area contributed by atoms with Crippen LogP contribution in [0.1, 0.15) is 23.7 Å². The van der Waals surface area contributed by atoms with Crippen molar-refractivity contribution in [2.24, 2.45) is 0 Å². The van der Waals surface area contributed by atoms with Crippen LogP contribution in [0.3, 0.4) is 0 Å². The third kappa shape index (κ3) is 5.69. The zero-order valence-corrected chi connectivity index (χ0v) is 14.4. The number of rotatable bonds is 8. The predicted octanol–water partition coefficient (Wildman–Crippen LogP) is 3.84. The number of hydrogen-bond acceptors (Lipinski definition) is 4. The fourth-order valence-electron chi connectivity index (χ4n) is 1.96. The van der Waals surface area contributed by atoms with Crippen molar-refractivity contribution in [1.29, 1.82) is 0 Å². The third-order valence-corrected chi connectivity index (χ3v) is 3.40. The first-order valence-corrected chi connectivity index (χ1v) is 8.05. The Bertz CT molecular complexity index is 746. The van der Waals surface area contributed by atoms with E-state index < -0.39 is 11.9 Å². The Morgan fingerprint density at radius 1 is 1.12 bits per heavy atom. The zero-order valence-electron chi connectivity index (χ0n) is 13.6. The molecule has 0 saturated carbocycles. The molecule has 0 unspecified atom stereocenters. The topological polar surface area (TPSA) is 84.9 Å². The van der Waals surface area contributed by atoms with Crippen LogP contribution in [0.25, 0.3) is 0 Å². The quantitative estimate of drug-likeness (QED) is 0.744. The van der Waals surface area contributed by atoms with Crippen LogP contribution in [0.5, 0.6) is 11.5 Å². The Morgan fingerprint density at radius 2 is 1.84 bits per heavy atom. The fourth-order valence-corrected chi connectivity index (χ4v) is 2.09. The minimum atomic E-state index is -1.09. The lowest BCUT2D eigenvalue weighted by Gasteiger charge is -2.13. The molecule has 0 atom stereocenters. The van der Waals surface area contributed by atoms with Gasteiger partial charge in [-0.25, -0.2) is 4.79 Å². The lowest BCUT2D eigenvalue weighted by atomic mass is 10.2. The zero-order chi connectivity index (χ0) is 18.2. The molecule has 0 heterocycles. The highest BCUT2D eigenvalue weighted by Crippen LogP contribution is 2.26. The van der Waals surface area contributed by atoms with E-state index in [1.807, 2.05) is 6.92 Å². The Kier molecular flexibility index (Phi) is 6.65. The molecule has 0 saturated heterocycles. The summed E-state index contributed by atoms with van der Waals surface area (Å²) in [6.07, 6.45) is 0.785. The number of aromatic carboxylic acids is 1. The van der Waals surface area contributed by atoms with Crippen LogP contribution in [-0.2, 0) is 4.79 Å². The van der Waals surface area contributed by atoms with Gasteiger partial charge in [-0.1, -0.05) is 18.5 Å².